The van der Waals surface area contributed by atoms with Crippen LogP contribution >= 0.6 is 0 Å². The number of amides is 1. The van der Waals surface area contributed by atoms with Crippen molar-refractivity contribution in [1.29, 1.82) is 0 Å². The molecule has 166 valence electrons. The van der Waals surface area contributed by atoms with E-state index >= 15 is 0 Å². The standard InChI is InChI=1S/C24H34N6O/c1-18-6-5-11-26-24(18)28-22-17-25-16-21(27-22)20-9-14-30(15-10-20)23(31)8-7-19(2)29-12-3-4-13-29/h5-6,11,16-17,19-20H,3-4,7-10,12-15H2,1-2H3,(H,26,27,28)/t19-/m0/s1. The van der Waals surface area contributed by atoms with E-state index in [1.165, 1.54) is 25.9 Å². The van der Waals surface area contributed by atoms with Gasteiger partial charge in [0.25, 0.3) is 0 Å². The maximum atomic E-state index is 12.7. The first-order valence-electron chi connectivity index (χ1n) is 11.6. The van der Waals surface area contributed by atoms with E-state index in [2.05, 4.69) is 27.1 Å². The van der Waals surface area contributed by atoms with Crippen LogP contribution in [-0.2, 0) is 4.79 Å². The van der Waals surface area contributed by atoms with Crippen molar-refractivity contribution in [2.75, 3.05) is 31.5 Å². The molecule has 4 rings (SSSR count). The van der Waals surface area contributed by atoms with Crippen LogP contribution in [0.5, 0.6) is 0 Å². The average Bonchev–Trinajstić information content (AvgIpc) is 3.34. The highest BCUT2D eigenvalue weighted by Crippen LogP contribution is 2.28. The number of hydrogen-bond donors (Lipinski definition) is 1. The normalized spacial score (nSPS) is 18.8. The minimum atomic E-state index is 0.302. The monoisotopic (exact) mass is 422 g/mol. The number of pyridine rings is 1. The van der Waals surface area contributed by atoms with Gasteiger partial charge in [-0.3, -0.25) is 9.78 Å². The molecule has 4 heterocycles. The number of piperidine rings is 1. The number of rotatable bonds is 7. The van der Waals surface area contributed by atoms with E-state index in [-0.39, 0.29) is 0 Å². The minimum absolute atomic E-state index is 0.302. The molecule has 0 spiro atoms. The van der Waals surface area contributed by atoms with Gasteiger partial charge in [-0.2, -0.15) is 0 Å². The summed E-state index contributed by atoms with van der Waals surface area (Å²) in [4.78, 5) is 30.8. The van der Waals surface area contributed by atoms with Gasteiger partial charge in [0.05, 0.1) is 11.9 Å². The zero-order valence-corrected chi connectivity index (χ0v) is 18.8. The molecule has 1 N–H and O–H groups in total. The van der Waals surface area contributed by atoms with Crippen LogP contribution in [0.3, 0.4) is 0 Å². The third-order valence-corrected chi connectivity index (χ3v) is 6.72. The van der Waals surface area contributed by atoms with Crippen LogP contribution in [0.15, 0.2) is 30.7 Å². The zero-order valence-electron chi connectivity index (χ0n) is 18.8. The van der Waals surface area contributed by atoms with Gasteiger partial charge in [-0.1, -0.05) is 6.07 Å². The third kappa shape index (κ3) is 5.58. The molecule has 2 aliphatic heterocycles. The largest absolute Gasteiger partial charge is 0.343 e. The maximum Gasteiger partial charge on any atom is 0.222 e. The first kappa shape index (κ1) is 21.7. The average molecular weight is 423 g/mol. The molecule has 2 aromatic rings. The minimum Gasteiger partial charge on any atom is -0.343 e. The quantitative estimate of drug-likeness (QED) is 0.730. The summed E-state index contributed by atoms with van der Waals surface area (Å²) >= 11 is 0. The molecule has 0 aliphatic carbocycles. The lowest BCUT2D eigenvalue weighted by molar-refractivity contribution is -0.132. The number of anilines is 2. The van der Waals surface area contributed by atoms with Crippen molar-refractivity contribution in [1.82, 2.24) is 24.8 Å². The molecule has 2 saturated heterocycles. The Labute approximate surface area is 185 Å². The van der Waals surface area contributed by atoms with Crippen LogP contribution in [0, 0.1) is 6.92 Å². The lowest BCUT2D eigenvalue weighted by atomic mass is 9.93. The molecule has 7 heteroatoms. The Bertz CT molecular complexity index is 874. The van der Waals surface area contributed by atoms with E-state index in [1.807, 2.05) is 30.2 Å². The molecule has 0 radical (unpaired) electrons. The summed E-state index contributed by atoms with van der Waals surface area (Å²) in [5.41, 5.74) is 2.06. The summed E-state index contributed by atoms with van der Waals surface area (Å²) in [6, 6.07) is 4.45. The van der Waals surface area contributed by atoms with Gasteiger partial charge in [-0.05, 0) is 70.7 Å². The molecule has 1 atom stereocenters. The van der Waals surface area contributed by atoms with Crippen molar-refractivity contribution in [2.24, 2.45) is 0 Å². The van der Waals surface area contributed by atoms with Crippen LogP contribution in [0.25, 0.3) is 0 Å². The number of nitrogens with zero attached hydrogens (tertiary/aromatic N) is 5. The number of carbonyl (C=O) groups excluding carboxylic acids is 1. The zero-order chi connectivity index (χ0) is 21.6. The van der Waals surface area contributed by atoms with Crippen molar-refractivity contribution in [3.8, 4) is 0 Å². The number of aromatic nitrogens is 3. The number of nitrogens with one attached hydrogen (secondary N) is 1. The SMILES string of the molecule is Cc1cccnc1Nc1cncc(C2CCN(C(=O)CC[C@H](C)N3CCCC3)CC2)n1. The lowest BCUT2D eigenvalue weighted by Crippen LogP contribution is -2.39. The van der Waals surface area contributed by atoms with Gasteiger partial charge >= 0.3 is 0 Å². The first-order chi connectivity index (χ1) is 15.1. The van der Waals surface area contributed by atoms with Crippen molar-refractivity contribution < 1.29 is 4.79 Å². The van der Waals surface area contributed by atoms with Crippen LogP contribution < -0.4 is 5.32 Å². The van der Waals surface area contributed by atoms with Crippen molar-refractivity contribution >= 4 is 17.5 Å². The summed E-state index contributed by atoms with van der Waals surface area (Å²) in [5, 5.41) is 3.28. The van der Waals surface area contributed by atoms with Crippen molar-refractivity contribution in [2.45, 2.75) is 64.3 Å². The van der Waals surface area contributed by atoms with Crippen LogP contribution in [-0.4, -0.2) is 62.9 Å². The smallest absolute Gasteiger partial charge is 0.222 e. The predicted molar refractivity (Wildman–Crippen MR) is 122 cm³/mol. The molecule has 0 bridgehead atoms. The van der Waals surface area contributed by atoms with Gasteiger partial charge in [-0.15, -0.1) is 0 Å². The number of carbonyl (C=O) groups is 1. The molecule has 0 unspecified atom stereocenters. The summed E-state index contributed by atoms with van der Waals surface area (Å²) in [6.07, 6.45) is 11.5. The van der Waals surface area contributed by atoms with Crippen LogP contribution in [0.2, 0.25) is 0 Å². The Kier molecular flexibility index (Phi) is 7.12. The van der Waals surface area contributed by atoms with Gasteiger partial charge in [0, 0.05) is 43.9 Å². The molecule has 1 amide bonds. The first-order valence-corrected chi connectivity index (χ1v) is 11.6. The lowest BCUT2D eigenvalue weighted by Gasteiger charge is -2.32. The van der Waals surface area contributed by atoms with Gasteiger partial charge in [-0.25, -0.2) is 9.97 Å². The fourth-order valence-corrected chi connectivity index (χ4v) is 4.66. The second kappa shape index (κ2) is 10.2. The second-order valence-electron chi connectivity index (χ2n) is 8.91. The molecular weight excluding hydrogens is 388 g/mol. The van der Waals surface area contributed by atoms with Gasteiger partial charge < -0.3 is 15.1 Å². The number of aryl methyl sites for hydroxylation is 1. The molecule has 2 fully saturated rings. The molecular formula is C24H34N6O. The summed E-state index contributed by atoms with van der Waals surface area (Å²) < 4.78 is 0. The fraction of sp³-hybridized carbons (Fsp3) is 0.583. The topological polar surface area (TPSA) is 74.2 Å². The van der Waals surface area contributed by atoms with E-state index in [0.717, 1.165) is 49.4 Å². The summed E-state index contributed by atoms with van der Waals surface area (Å²) in [6.45, 7) is 8.27. The molecule has 0 saturated carbocycles. The van der Waals surface area contributed by atoms with E-state index in [0.29, 0.717) is 30.1 Å². The van der Waals surface area contributed by atoms with Crippen LogP contribution in [0.1, 0.15) is 62.6 Å². The Balaban J connectivity index is 1.27. The van der Waals surface area contributed by atoms with E-state index in [4.69, 9.17) is 4.98 Å². The van der Waals surface area contributed by atoms with E-state index in [9.17, 15) is 4.79 Å². The van der Waals surface area contributed by atoms with Crippen LogP contribution in [0.4, 0.5) is 11.6 Å². The highest BCUT2D eigenvalue weighted by atomic mass is 16.2. The number of likely N-dealkylation sites (tertiary alicyclic amines) is 2. The summed E-state index contributed by atoms with van der Waals surface area (Å²) in [7, 11) is 0. The maximum absolute atomic E-state index is 12.7. The molecule has 2 aromatic heterocycles. The van der Waals surface area contributed by atoms with Crippen molar-refractivity contribution in [3.63, 3.8) is 0 Å². The molecule has 7 nitrogen and oxygen atoms in total. The van der Waals surface area contributed by atoms with Gasteiger partial charge in [0.2, 0.25) is 5.91 Å². The Morgan fingerprint density at radius 1 is 1.19 bits per heavy atom. The molecule has 0 aromatic carbocycles. The highest BCUT2D eigenvalue weighted by Gasteiger charge is 2.26. The van der Waals surface area contributed by atoms with Crippen molar-refractivity contribution in [3.05, 3.63) is 42.0 Å². The third-order valence-electron chi connectivity index (χ3n) is 6.72. The molecule has 2 aliphatic rings. The second-order valence-corrected chi connectivity index (χ2v) is 8.91. The highest BCUT2D eigenvalue weighted by molar-refractivity contribution is 5.76. The molecule has 31 heavy (non-hydrogen) atoms. The van der Waals surface area contributed by atoms with Gasteiger partial charge in [0.1, 0.15) is 11.6 Å². The summed E-state index contributed by atoms with van der Waals surface area (Å²) in [5.74, 6) is 2.16. The Morgan fingerprint density at radius 2 is 1.97 bits per heavy atom. The fourth-order valence-electron chi connectivity index (χ4n) is 4.66. The Morgan fingerprint density at radius 3 is 2.71 bits per heavy atom. The Hall–Kier alpha value is -2.54. The van der Waals surface area contributed by atoms with E-state index in [1.54, 1.807) is 12.4 Å². The number of hydrogen-bond acceptors (Lipinski definition) is 6. The predicted octanol–water partition coefficient (Wildman–Crippen LogP) is 3.89. The van der Waals surface area contributed by atoms with Gasteiger partial charge in [0.15, 0.2) is 0 Å². The van der Waals surface area contributed by atoms with E-state index < -0.39 is 0 Å².